The van der Waals surface area contributed by atoms with Crippen molar-refractivity contribution >= 4 is 65.5 Å². The van der Waals surface area contributed by atoms with Crippen molar-refractivity contribution in [1.82, 2.24) is 9.97 Å². The summed E-state index contributed by atoms with van der Waals surface area (Å²) in [5.74, 6) is 0. The van der Waals surface area contributed by atoms with Gasteiger partial charge >= 0.3 is 0 Å². The highest BCUT2D eigenvalue weighted by molar-refractivity contribution is 7.22. The van der Waals surface area contributed by atoms with Crippen molar-refractivity contribution < 1.29 is 0 Å². The van der Waals surface area contributed by atoms with Crippen molar-refractivity contribution in [3.05, 3.63) is 107 Å². The lowest BCUT2D eigenvalue weighted by molar-refractivity contribution is 1.39. The fraction of sp³-hybridized carbons (Fsp3) is 0. The molecule has 0 fully saturated rings. The van der Waals surface area contributed by atoms with Crippen LogP contribution in [-0.4, -0.2) is 9.97 Å². The van der Waals surface area contributed by atoms with Crippen molar-refractivity contribution in [2.24, 2.45) is 0 Å². The highest BCUT2D eigenvalue weighted by Crippen LogP contribution is 2.37. The van der Waals surface area contributed by atoms with Crippen LogP contribution in [0.3, 0.4) is 0 Å². The van der Waals surface area contributed by atoms with Gasteiger partial charge in [-0.1, -0.05) is 66.7 Å². The van der Waals surface area contributed by atoms with E-state index in [1.807, 2.05) is 12.1 Å². The van der Waals surface area contributed by atoms with Crippen LogP contribution in [0.5, 0.6) is 0 Å². The lowest BCUT2D eigenvalue weighted by atomic mass is 10.0. The molecule has 2 heterocycles. The molecule has 0 radical (unpaired) electrons. The monoisotopic (exact) mass is 420 g/mol. The second-order valence-electron chi connectivity index (χ2n) is 7.10. The Morgan fingerprint density at radius 1 is 0.600 bits per heavy atom. The molecule has 0 unspecified atom stereocenters. The van der Waals surface area contributed by atoms with Crippen LogP contribution in [0.15, 0.2) is 91.0 Å². The van der Waals surface area contributed by atoms with E-state index in [-0.39, 0.29) is 0 Å². The summed E-state index contributed by atoms with van der Waals surface area (Å²) in [6.07, 6.45) is 2.25. The zero-order valence-electron chi connectivity index (χ0n) is 15.9. The molecule has 0 bridgehead atoms. The van der Waals surface area contributed by atoms with E-state index in [9.17, 15) is 0 Å². The summed E-state index contributed by atoms with van der Waals surface area (Å²) in [4.78, 5) is 9.91. The smallest absolute Gasteiger partial charge is 0.127 e. The Balaban J connectivity index is 1.62. The van der Waals surface area contributed by atoms with Crippen LogP contribution >= 0.6 is 22.7 Å². The third-order valence-corrected chi connectivity index (χ3v) is 7.31. The van der Waals surface area contributed by atoms with Crippen LogP contribution in [0.25, 0.3) is 42.9 Å². The van der Waals surface area contributed by atoms with E-state index < -0.39 is 0 Å². The van der Waals surface area contributed by atoms with Crippen LogP contribution in [-0.2, 0) is 0 Å². The Hall–Kier alpha value is -3.34. The minimum absolute atomic E-state index is 1.00. The molecule has 0 saturated heterocycles. The van der Waals surface area contributed by atoms with E-state index in [2.05, 4.69) is 84.9 Å². The van der Waals surface area contributed by atoms with Gasteiger partial charge in [0.2, 0.25) is 0 Å². The van der Waals surface area contributed by atoms with E-state index in [4.69, 9.17) is 9.97 Å². The highest BCUT2D eigenvalue weighted by atomic mass is 32.1. The summed E-state index contributed by atoms with van der Waals surface area (Å²) in [5.41, 5.74) is 4.32. The standard InChI is InChI=1S/C26H16N2S2/c1-2-11-19-17(8-1)9-7-10-18(19)16-20(25-27-21-12-3-5-14-23(21)29-25)26-28-22-13-4-6-15-24(22)30-26/h1-16H. The molecule has 2 aromatic heterocycles. The Labute approximate surface area is 181 Å². The molecular formula is C26H16N2S2. The van der Waals surface area contributed by atoms with Gasteiger partial charge in [-0.25, -0.2) is 9.97 Å². The largest absolute Gasteiger partial charge is 0.236 e. The van der Waals surface area contributed by atoms with E-state index >= 15 is 0 Å². The molecule has 0 aliphatic heterocycles. The normalized spacial score (nSPS) is 11.3. The number of thiazole rings is 2. The molecule has 4 aromatic carbocycles. The summed E-state index contributed by atoms with van der Waals surface area (Å²) in [6, 6.07) is 31.6. The quantitative estimate of drug-likeness (QED) is 0.294. The molecule has 142 valence electrons. The topological polar surface area (TPSA) is 25.8 Å². The molecule has 4 heteroatoms. The molecule has 0 aliphatic carbocycles. The van der Waals surface area contributed by atoms with Gasteiger partial charge in [0, 0.05) is 5.57 Å². The molecule has 2 nitrogen and oxygen atoms in total. The van der Waals surface area contributed by atoms with Crippen molar-refractivity contribution in [2.45, 2.75) is 0 Å². The molecule has 30 heavy (non-hydrogen) atoms. The van der Waals surface area contributed by atoms with Gasteiger partial charge in [-0.3, -0.25) is 0 Å². The number of hydrogen-bond acceptors (Lipinski definition) is 4. The summed E-state index contributed by atoms with van der Waals surface area (Å²) in [6.45, 7) is 0. The number of nitrogens with zero attached hydrogens (tertiary/aromatic N) is 2. The zero-order chi connectivity index (χ0) is 19.9. The SMILES string of the molecule is C(=C(c1nc2ccccc2s1)c1nc2ccccc2s1)c1cccc2ccccc12. The van der Waals surface area contributed by atoms with Gasteiger partial charge in [-0.2, -0.15) is 0 Å². The van der Waals surface area contributed by atoms with Crippen LogP contribution in [0.2, 0.25) is 0 Å². The van der Waals surface area contributed by atoms with Gasteiger partial charge in [-0.05, 0) is 46.7 Å². The lowest BCUT2D eigenvalue weighted by Gasteiger charge is -2.05. The van der Waals surface area contributed by atoms with Gasteiger partial charge in [0.25, 0.3) is 0 Å². The van der Waals surface area contributed by atoms with Gasteiger partial charge in [0.1, 0.15) is 10.0 Å². The summed E-state index contributed by atoms with van der Waals surface area (Å²) in [5, 5.41) is 4.48. The van der Waals surface area contributed by atoms with Crippen molar-refractivity contribution in [1.29, 1.82) is 0 Å². The third kappa shape index (κ3) is 3.02. The molecule has 0 N–H and O–H groups in total. The van der Waals surface area contributed by atoms with Crippen LogP contribution < -0.4 is 0 Å². The Kier molecular flexibility index (Phi) is 4.18. The van der Waals surface area contributed by atoms with E-state index in [0.717, 1.165) is 26.6 Å². The van der Waals surface area contributed by atoms with Gasteiger partial charge in [-0.15, -0.1) is 22.7 Å². The van der Waals surface area contributed by atoms with Crippen molar-refractivity contribution in [3.8, 4) is 0 Å². The second kappa shape index (κ2) is 7.17. The van der Waals surface area contributed by atoms with E-state index in [1.54, 1.807) is 22.7 Å². The molecular weight excluding hydrogens is 404 g/mol. The first-order valence-electron chi connectivity index (χ1n) is 9.76. The maximum Gasteiger partial charge on any atom is 0.127 e. The van der Waals surface area contributed by atoms with Gasteiger partial charge in [0.15, 0.2) is 0 Å². The highest BCUT2D eigenvalue weighted by Gasteiger charge is 2.16. The number of para-hydroxylation sites is 2. The number of hydrogen-bond donors (Lipinski definition) is 0. The molecule has 0 saturated carbocycles. The molecule has 6 aromatic rings. The molecule has 6 rings (SSSR count). The first-order valence-corrected chi connectivity index (χ1v) is 11.4. The number of fused-ring (bicyclic) bond motifs is 3. The summed E-state index contributed by atoms with van der Waals surface area (Å²) >= 11 is 3.44. The predicted octanol–water partition coefficient (Wildman–Crippen LogP) is 7.65. The summed E-state index contributed by atoms with van der Waals surface area (Å²) < 4.78 is 2.38. The van der Waals surface area contributed by atoms with Crippen LogP contribution in [0.4, 0.5) is 0 Å². The van der Waals surface area contributed by atoms with Crippen molar-refractivity contribution in [2.75, 3.05) is 0 Å². The average Bonchev–Trinajstić information content (AvgIpc) is 3.41. The number of aromatic nitrogens is 2. The van der Waals surface area contributed by atoms with Crippen LogP contribution in [0.1, 0.15) is 15.6 Å². The molecule has 0 spiro atoms. The molecule has 0 amide bonds. The van der Waals surface area contributed by atoms with Crippen molar-refractivity contribution in [3.63, 3.8) is 0 Å². The Morgan fingerprint density at radius 2 is 1.17 bits per heavy atom. The fourth-order valence-corrected chi connectivity index (χ4v) is 5.75. The average molecular weight is 421 g/mol. The Morgan fingerprint density at radius 3 is 1.83 bits per heavy atom. The number of benzene rings is 4. The van der Waals surface area contributed by atoms with Gasteiger partial charge < -0.3 is 0 Å². The maximum absolute atomic E-state index is 4.95. The maximum atomic E-state index is 4.95. The van der Waals surface area contributed by atoms with E-state index in [1.165, 1.54) is 25.7 Å². The molecule has 0 aliphatic rings. The molecule has 0 atom stereocenters. The first-order chi connectivity index (χ1) is 14.8. The number of rotatable bonds is 3. The Bertz CT molecular complexity index is 1410. The lowest BCUT2D eigenvalue weighted by Crippen LogP contribution is -1.88. The van der Waals surface area contributed by atoms with Gasteiger partial charge in [0.05, 0.1) is 20.4 Å². The fourth-order valence-electron chi connectivity index (χ4n) is 3.72. The minimum atomic E-state index is 1.00. The minimum Gasteiger partial charge on any atom is -0.236 e. The zero-order valence-corrected chi connectivity index (χ0v) is 17.6. The second-order valence-corrected chi connectivity index (χ2v) is 9.16. The van der Waals surface area contributed by atoms with Crippen LogP contribution in [0, 0.1) is 0 Å². The first kappa shape index (κ1) is 17.5. The third-order valence-electron chi connectivity index (χ3n) is 5.17. The predicted molar refractivity (Wildman–Crippen MR) is 130 cm³/mol. The van der Waals surface area contributed by atoms with E-state index in [0.29, 0.717) is 0 Å². The summed E-state index contributed by atoms with van der Waals surface area (Å²) in [7, 11) is 0.